The summed E-state index contributed by atoms with van der Waals surface area (Å²) in [6.07, 6.45) is 0.279. The van der Waals surface area contributed by atoms with Crippen molar-refractivity contribution in [3.63, 3.8) is 0 Å². The summed E-state index contributed by atoms with van der Waals surface area (Å²) in [6.45, 7) is 9.23. The van der Waals surface area contributed by atoms with Crippen LogP contribution in [0.1, 0.15) is 47.7 Å². The minimum Gasteiger partial charge on any atom is -0.466 e. The van der Waals surface area contributed by atoms with E-state index in [9.17, 15) is 9.59 Å². The molecule has 2 amide bonds. The third-order valence-corrected chi connectivity index (χ3v) is 4.09. The maximum absolute atomic E-state index is 12.8. The molecule has 140 valence electrons. The molecule has 0 aliphatic carbocycles. The molecule has 0 radical (unpaired) electrons. The molecule has 0 saturated carbocycles. The second kappa shape index (κ2) is 9.22. The lowest BCUT2D eigenvalue weighted by molar-refractivity contribution is -0.121. The Kier molecular flexibility index (Phi) is 7.01. The van der Waals surface area contributed by atoms with E-state index in [4.69, 9.17) is 4.42 Å². The van der Waals surface area contributed by atoms with Gasteiger partial charge in [0.25, 0.3) is 5.91 Å². The van der Waals surface area contributed by atoms with Crippen LogP contribution in [0.25, 0.3) is 0 Å². The van der Waals surface area contributed by atoms with Gasteiger partial charge in [-0.05, 0) is 31.4 Å². The fourth-order valence-corrected chi connectivity index (χ4v) is 2.85. The number of amides is 2. The number of rotatable bonds is 8. The molecule has 1 heterocycles. The summed E-state index contributed by atoms with van der Waals surface area (Å²) in [4.78, 5) is 26.7. The number of hydrogen-bond donors (Lipinski definition) is 1. The monoisotopic (exact) mass is 356 g/mol. The molecule has 0 bridgehead atoms. The van der Waals surface area contributed by atoms with Crippen molar-refractivity contribution in [3.05, 3.63) is 59.0 Å². The molecule has 5 heteroatoms. The second-order valence-corrected chi connectivity index (χ2v) is 6.98. The number of carbonyl (C=O) groups excluding carboxylic acids is 2. The highest BCUT2D eigenvalue weighted by Gasteiger charge is 2.21. The molecule has 26 heavy (non-hydrogen) atoms. The Bertz CT molecular complexity index is 735. The lowest BCUT2D eigenvalue weighted by atomic mass is 10.1. The molecule has 5 nitrogen and oxygen atoms in total. The molecule has 2 rings (SSSR count). The van der Waals surface area contributed by atoms with E-state index in [0.29, 0.717) is 36.9 Å². The summed E-state index contributed by atoms with van der Waals surface area (Å²) >= 11 is 0. The van der Waals surface area contributed by atoms with E-state index in [1.54, 1.807) is 17.9 Å². The molecule has 0 fully saturated rings. The van der Waals surface area contributed by atoms with Gasteiger partial charge in [0, 0.05) is 26.1 Å². The summed E-state index contributed by atoms with van der Waals surface area (Å²) in [5, 5.41) is 2.91. The Labute approximate surface area is 155 Å². The molecule has 0 spiro atoms. The van der Waals surface area contributed by atoms with Crippen LogP contribution in [-0.4, -0.2) is 29.8 Å². The molecule has 0 aliphatic heterocycles. The van der Waals surface area contributed by atoms with Gasteiger partial charge in [0.1, 0.15) is 11.5 Å². The van der Waals surface area contributed by atoms with Gasteiger partial charge < -0.3 is 14.6 Å². The molecular formula is C21H28N2O3. The first kappa shape index (κ1) is 19.8. The van der Waals surface area contributed by atoms with Gasteiger partial charge in [0.05, 0.1) is 5.56 Å². The minimum atomic E-state index is -0.0797. The number of benzene rings is 1. The molecule has 0 unspecified atom stereocenters. The van der Waals surface area contributed by atoms with Crippen molar-refractivity contribution < 1.29 is 14.0 Å². The van der Waals surface area contributed by atoms with Gasteiger partial charge >= 0.3 is 0 Å². The van der Waals surface area contributed by atoms with E-state index in [1.807, 2.05) is 37.3 Å². The number of hydrogen-bond acceptors (Lipinski definition) is 3. The van der Waals surface area contributed by atoms with Crippen molar-refractivity contribution in [2.24, 2.45) is 5.92 Å². The molecule has 2 aromatic rings. The van der Waals surface area contributed by atoms with E-state index in [2.05, 4.69) is 19.2 Å². The van der Waals surface area contributed by atoms with Crippen LogP contribution in [0.15, 0.2) is 40.8 Å². The van der Waals surface area contributed by atoms with Crippen molar-refractivity contribution >= 4 is 11.8 Å². The predicted molar refractivity (Wildman–Crippen MR) is 102 cm³/mol. The van der Waals surface area contributed by atoms with Gasteiger partial charge in [-0.2, -0.15) is 0 Å². The maximum atomic E-state index is 12.8. The molecule has 0 aliphatic rings. The zero-order valence-electron chi connectivity index (χ0n) is 16.0. The number of furan rings is 1. The largest absolute Gasteiger partial charge is 0.466 e. The van der Waals surface area contributed by atoms with Gasteiger partial charge in [-0.15, -0.1) is 0 Å². The number of carbonyl (C=O) groups is 2. The standard InChI is InChI=1S/C21H28N2O3/c1-15(2)14-23(21(25)19-12-16(3)26-17(19)4)11-10-20(24)22-13-18-8-6-5-7-9-18/h5-9,12,15H,10-11,13-14H2,1-4H3,(H,22,24). The van der Waals surface area contributed by atoms with Crippen molar-refractivity contribution in [1.82, 2.24) is 10.2 Å². The van der Waals surface area contributed by atoms with Crippen LogP contribution in [0.5, 0.6) is 0 Å². The van der Waals surface area contributed by atoms with E-state index < -0.39 is 0 Å². The average molecular weight is 356 g/mol. The summed E-state index contributed by atoms with van der Waals surface area (Å²) in [7, 11) is 0. The van der Waals surface area contributed by atoms with Crippen molar-refractivity contribution in [1.29, 1.82) is 0 Å². The topological polar surface area (TPSA) is 62.6 Å². The van der Waals surface area contributed by atoms with E-state index in [0.717, 1.165) is 11.3 Å². The molecule has 0 saturated heterocycles. The molecule has 0 atom stereocenters. The molecule has 1 aromatic carbocycles. The fourth-order valence-electron chi connectivity index (χ4n) is 2.85. The van der Waals surface area contributed by atoms with E-state index in [-0.39, 0.29) is 18.2 Å². The first-order valence-corrected chi connectivity index (χ1v) is 9.03. The summed E-state index contributed by atoms with van der Waals surface area (Å²) in [5.41, 5.74) is 1.63. The van der Waals surface area contributed by atoms with Crippen molar-refractivity contribution in [2.75, 3.05) is 13.1 Å². The maximum Gasteiger partial charge on any atom is 0.257 e. The number of nitrogens with zero attached hydrogens (tertiary/aromatic N) is 1. The van der Waals surface area contributed by atoms with Crippen LogP contribution in [0, 0.1) is 19.8 Å². The lowest BCUT2D eigenvalue weighted by Gasteiger charge is -2.24. The quantitative estimate of drug-likeness (QED) is 0.784. The van der Waals surface area contributed by atoms with Gasteiger partial charge in [0.2, 0.25) is 5.91 Å². The van der Waals surface area contributed by atoms with Crippen LogP contribution < -0.4 is 5.32 Å². The Hall–Kier alpha value is -2.56. The highest BCUT2D eigenvalue weighted by atomic mass is 16.3. The molecule has 1 aromatic heterocycles. The third kappa shape index (κ3) is 5.76. The second-order valence-electron chi connectivity index (χ2n) is 6.98. The molecular weight excluding hydrogens is 328 g/mol. The minimum absolute atomic E-state index is 0.0597. The summed E-state index contributed by atoms with van der Waals surface area (Å²) in [6, 6.07) is 11.5. The highest BCUT2D eigenvalue weighted by Crippen LogP contribution is 2.17. The van der Waals surface area contributed by atoms with Crippen LogP contribution in [-0.2, 0) is 11.3 Å². The van der Waals surface area contributed by atoms with Gasteiger partial charge in [-0.25, -0.2) is 0 Å². The number of nitrogens with one attached hydrogen (secondary N) is 1. The lowest BCUT2D eigenvalue weighted by Crippen LogP contribution is -2.37. The smallest absolute Gasteiger partial charge is 0.257 e. The van der Waals surface area contributed by atoms with Crippen LogP contribution in [0.4, 0.5) is 0 Å². The van der Waals surface area contributed by atoms with Gasteiger partial charge in [0.15, 0.2) is 0 Å². The number of aryl methyl sites for hydroxylation is 2. The fraction of sp³-hybridized carbons (Fsp3) is 0.429. The zero-order chi connectivity index (χ0) is 19.1. The van der Waals surface area contributed by atoms with E-state index >= 15 is 0 Å². The van der Waals surface area contributed by atoms with Crippen molar-refractivity contribution in [3.8, 4) is 0 Å². The summed E-state index contributed by atoms with van der Waals surface area (Å²) < 4.78 is 5.48. The zero-order valence-corrected chi connectivity index (χ0v) is 16.0. The van der Waals surface area contributed by atoms with E-state index in [1.165, 1.54) is 0 Å². The van der Waals surface area contributed by atoms with Crippen LogP contribution in [0.2, 0.25) is 0 Å². The average Bonchev–Trinajstić information content (AvgIpc) is 2.95. The van der Waals surface area contributed by atoms with Crippen LogP contribution >= 0.6 is 0 Å². The summed E-state index contributed by atoms with van der Waals surface area (Å²) in [5.74, 6) is 1.52. The Morgan fingerprint density at radius 3 is 2.42 bits per heavy atom. The van der Waals surface area contributed by atoms with Crippen molar-refractivity contribution in [2.45, 2.75) is 40.7 Å². The van der Waals surface area contributed by atoms with Gasteiger partial charge in [-0.3, -0.25) is 9.59 Å². The first-order chi connectivity index (χ1) is 12.4. The normalized spacial score (nSPS) is 10.8. The predicted octanol–water partition coefficient (Wildman–Crippen LogP) is 3.70. The SMILES string of the molecule is Cc1cc(C(=O)N(CCC(=O)NCc2ccccc2)CC(C)C)c(C)o1. The molecule has 1 N–H and O–H groups in total. The highest BCUT2D eigenvalue weighted by molar-refractivity contribution is 5.95. The Balaban J connectivity index is 1.93. The first-order valence-electron chi connectivity index (χ1n) is 9.03. The third-order valence-electron chi connectivity index (χ3n) is 4.09. The Morgan fingerprint density at radius 1 is 1.15 bits per heavy atom. The van der Waals surface area contributed by atoms with Crippen LogP contribution in [0.3, 0.4) is 0 Å². The Morgan fingerprint density at radius 2 is 1.85 bits per heavy atom. The van der Waals surface area contributed by atoms with Gasteiger partial charge in [-0.1, -0.05) is 44.2 Å².